The van der Waals surface area contributed by atoms with Crippen molar-refractivity contribution in [1.29, 1.82) is 5.26 Å². The second-order valence-electron chi connectivity index (χ2n) is 7.36. The van der Waals surface area contributed by atoms with Crippen molar-refractivity contribution in [3.05, 3.63) is 52.0 Å². The molecule has 0 N–H and O–H groups in total. The van der Waals surface area contributed by atoms with E-state index in [4.69, 9.17) is 23.2 Å². The molecule has 5 nitrogen and oxygen atoms in total. The number of benzene rings is 2. The van der Waals surface area contributed by atoms with Gasteiger partial charge in [0.1, 0.15) is 0 Å². The van der Waals surface area contributed by atoms with Crippen molar-refractivity contribution >= 4 is 57.4 Å². The van der Waals surface area contributed by atoms with Crippen molar-refractivity contribution in [2.45, 2.75) is 47.4 Å². The molecule has 0 bridgehead atoms. The van der Waals surface area contributed by atoms with Gasteiger partial charge in [-0.15, -0.1) is 12.4 Å². The third kappa shape index (κ3) is 6.12. The third-order valence-corrected chi connectivity index (χ3v) is 9.41. The molecule has 0 saturated carbocycles. The van der Waals surface area contributed by atoms with Gasteiger partial charge in [-0.05, 0) is 49.2 Å². The molecule has 0 unspecified atom stereocenters. The third-order valence-electron chi connectivity index (χ3n) is 5.54. The van der Waals surface area contributed by atoms with Crippen LogP contribution in [0.1, 0.15) is 32.3 Å². The van der Waals surface area contributed by atoms with Crippen LogP contribution in [0.15, 0.2) is 51.1 Å². The lowest BCUT2D eigenvalue weighted by Crippen LogP contribution is -2.51. The fourth-order valence-electron chi connectivity index (χ4n) is 3.79. The summed E-state index contributed by atoms with van der Waals surface area (Å²) in [5.74, 6) is 0. The lowest BCUT2D eigenvalue weighted by molar-refractivity contribution is 0.130. The van der Waals surface area contributed by atoms with Crippen LogP contribution in [0.2, 0.25) is 10.0 Å². The summed E-state index contributed by atoms with van der Waals surface area (Å²) in [6.07, 6.45) is 2.10. The Kier molecular flexibility index (Phi) is 10.2. The number of nitrogens with zero attached hydrogens (tertiary/aromatic N) is 3. The number of piperazine rings is 1. The molecule has 0 amide bonds. The Balaban J connectivity index is 0.00000363. The Morgan fingerprint density at radius 1 is 1.03 bits per heavy atom. The van der Waals surface area contributed by atoms with Crippen LogP contribution in [-0.2, 0) is 10.0 Å². The quantitative estimate of drug-likeness (QED) is 0.440. The number of sulfonamides is 1. The number of hydrogen-bond acceptors (Lipinski definition) is 5. The lowest BCUT2D eigenvalue weighted by Gasteiger charge is -2.38. The Hall–Kier alpha value is -0.980. The first kappa shape index (κ1) is 27.3. The molecule has 1 heterocycles. The number of halogens is 3. The molecule has 3 rings (SSSR count). The first-order valence-corrected chi connectivity index (χ1v) is 13.2. The highest BCUT2D eigenvalue weighted by molar-refractivity contribution is 8.00. The maximum Gasteiger partial charge on any atom is 0.244 e. The Morgan fingerprint density at radius 3 is 2.28 bits per heavy atom. The smallest absolute Gasteiger partial charge is 0.244 e. The van der Waals surface area contributed by atoms with E-state index in [9.17, 15) is 13.7 Å². The van der Waals surface area contributed by atoms with Gasteiger partial charge in [-0.25, -0.2) is 8.42 Å². The first-order valence-electron chi connectivity index (χ1n) is 10.2. The van der Waals surface area contributed by atoms with Crippen LogP contribution in [0.3, 0.4) is 0 Å². The molecule has 1 fully saturated rings. The van der Waals surface area contributed by atoms with E-state index in [1.54, 1.807) is 30.3 Å². The van der Waals surface area contributed by atoms with Gasteiger partial charge in [0.15, 0.2) is 0 Å². The number of nitriles is 1. The van der Waals surface area contributed by atoms with Gasteiger partial charge in [-0.2, -0.15) is 9.57 Å². The van der Waals surface area contributed by atoms with Gasteiger partial charge in [0.2, 0.25) is 10.0 Å². The maximum atomic E-state index is 13.6. The van der Waals surface area contributed by atoms with Crippen LogP contribution in [0.5, 0.6) is 0 Å². The van der Waals surface area contributed by atoms with Crippen molar-refractivity contribution in [3.8, 4) is 6.07 Å². The van der Waals surface area contributed by atoms with Crippen LogP contribution in [0, 0.1) is 11.3 Å². The summed E-state index contributed by atoms with van der Waals surface area (Å²) in [6.45, 7) is 6.58. The fraction of sp³-hybridized carbons (Fsp3) is 0.409. The van der Waals surface area contributed by atoms with Gasteiger partial charge >= 0.3 is 0 Å². The molecule has 2 aromatic rings. The molecule has 32 heavy (non-hydrogen) atoms. The molecule has 1 aliphatic rings. The molecular weight excluding hydrogens is 509 g/mol. The molecule has 1 aliphatic heterocycles. The highest BCUT2D eigenvalue weighted by Crippen LogP contribution is 2.39. The van der Waals surface area contributed by atoms with Gasteiger partial charge < -0.3 is 0 Å². The SMILES string of the molecule is CCC(CC)N1CCN(S(=O)(=O)c2cc(C#N)ccc2Sc2cc(Cl)ccc2Cl)CC1.Cl. The van der Waals surface area contributed by atoms with E-state index in [1.807, 2.05) is 6.07 Å². The van der Waals surface area contributed by atoms with Crippen molar-refractivity contribution < 1.29 is 8.42 Å². The van der Waals surface area contributed by atoms with Crippen LogP contribution in [-0.4, -0.2) is 49.8 Å². The molecule has 0 aromatic heterocycles. The monoisotopic (exact) mass is 533 g/mol. The van der Waals surface area contributed by atoms with Crippen molar-refractivity contribution in [2.75, 3.05) is 26.2 Å². The van der Waals surface area contributed by atoms with Crippen LogP contribution >= 0.6 is 47.4 Å². The Labute approximate surface area is 211 Å². The van der Waals surface area contributed by atoms with Crippen molar-refractivity contribution in [1.82, 2.24) is 9.21 Å². The number of rotatable bonds is 7. The lowest BCUT2D eigenvalue weighted by atomic mass is 10.1. The molecule has 0 atom stereocenters. The highest BCUT2D eigenvalue weighted by atomic mass is 35.5. The summed E-state index contributed by atoms with van der Waals surface area (Å²) in [4.78, 5) is 3.67. The zero-order chi connectivity index (χ0) is 22.6. The standard InChI is InChI=1S/C22H25Cl2N3O2S2.ClH/c1-3-18(4-2)26-9-11-27(12-10-26)31(28,29)22-13-16(15-25)5-8-20(22)30-21-14-17(23)6-7-19(21)24;/h5-8,13-14,18H,3-4,9-12H2,1-2H3;1H. The van der Waals surface area contributed by atoms with E-state index in [0.717, 1.165) is 12.8 Å². The molecule has 10 heteroatoms. The summed E-state index contributed by atoms with van der Waals surface area (Å²) < 4.78 is 28.6. The van der Waals surface area contributed by atoms with E-state index < -0.39 is 10.0 Å². The van der Waals surface area contributed by atoms with Gasteiger partial charge in [-0.1, -0.05) is 48.8 Å². The largest absolute Gasteiger partial charge is 0.298 e. The fourth-order valence-corrected chi connectivity index (χ4v) is 7.11. The van der Waals surface area contributed by atoms with E-state index in [0.29, 0.717) is 57.6 Å². The predicted octanol–water partition coefficient (Wildman–Crippen LogP) is 5.93. The normalized spacial score (nSPS) is 15.4. The van der Waals surface area contributed by atoms with Crippen LogP contribution in [0.25, 0.3) is 0 Å². The molecular formula is C22H26Cl3N3O2S2. The van der Waals surface area contributed by atoms with Gasteiger partial charge in [0.05, 0.1) is 21.6 Å². The summed E-state index contributed by atoms with van der Waals surface area (Å²) in [7, 11) is -3.77. The van der Waals surface area contributed by atoms with Crippen LogP contribution < -0.4 is 0 Å². The van der Waals surface area contributed by atoms with E-state index in [-0.39, 0.29) is 17.3 Å². The van der Waals surface area contributed by atoms with Gasteiger partial charge in [0, 0.05) is 47.0 Å². The molecule has 0 aliphatic carbocycles. The molecule has 2 aromatic carbocycles. The molecule has 1 saturated heterocycles. The van der Waals surface area contributed by atoms with Crippen molar-refractivity contribution in [2.24, 2.45) is 0 Å². The van der Waals surface area contributed by atoms with Crippen LogP contribution in [0.4, 0.5) is 0 Å². The summed E-state index contributed by atoms with van der Waals surface area (Å²) in [5, 5.41) is 10.3. The minimum absolute atomic E-state index is 0. The minimum Gasteiger partial charge on any atom is -0.298 e. The average Bonchev–Trinajstić information content (AvgIpc) is 2.77. The van der Waals surface area contributed by atoms with E-state index in [1.165, 1.54) is 22.1 Å². The highest BCUT2D eigenvalue weighted by Gasteiger charge is 2.32. The van der Waals surface area contributed by atoms with Gasteiger partial charge in [-0.3, -0.25) is 4.90 Å². The topological polar surface area (TPSA) is 64.4 Å². The number of hydrogen-bond donors (Lipinski definition) is 0. The summed E-state index contributed by atoms with van der Waals surface area (Å²) in [6, 6.07) is 12.3. The van der Waals surface area contributed by atoms with E-state index in [2.05, 4.69) is 18.7 Å². The average molecular weight is 535 g/mol. The molecule has 0 radical (unpaired) electrons. The second-order valence-corrected chi connectivity index (χ2v) is 11.2. The second kappa shape index (κ2) is 11.9. The zero-order valence-electron chi connectivity index (χ0n) is 17.9. The Morgan fingerprint density at radius 2 is 1.69 bits per heavy atom. The first-order chi connectivity index (χ1) is 14.8. The Bertz CT molecular complexity index is 1080. The summed E-state index contributed by atoms with van der Waals surface area (Å²) >= 11 is 13.6. The molecule has 0 spiro atoms. The summed E-state index contributed by atoms with van der Waals surface area (Å²) in [5.41, 5.74) is 0.302. The molecule has 174 valence electrons. The van der Waals surface area contributed by atoms with E-state index >= 15 is 0 Å². The predicted molar refractivity (Wildman–Crippen MR) is 134 cm³/mol. The minimum atomic E-state index is -3.77. The van der Waals surface area contributed by atoms with Gasteiger partial charge in [0.25, 0.3) is 0 Å². The van der Waals surface area contributed by atoms with Crippen molar-refractivity contribution in [3.63, 3.8) is 0 Å². The maximum absolute atomic E-state index is 13.6. The zero-order valence-corrected chi connectivity index (χ0v) is 21.9.